The first-order chi connectivity index (χ1) is 8.26. The Hall–Kier alpha value is -1.36. The van der Waals surface area contributed by atoms with Gasteiger partial charge in [-0.3, -0.25) is 0 Å². The number of hydrogen-bond donors (Lipinski definition) is 2. The van der Waals surface area contributed by atoms with Gasteiger partial charge in [-0.05, 0) is 26.2 Å². The lowest BCUT2D eigenvalue weighted by molar-refractivity contribution is 0.239. The van der Waals surface area contributed by atoms with Crippen molar-refractivity contribution < 1.29 is 5.11 Å². The molecule has 0 amide bonds. The van der Waals surface area contributed by atoms with Crippen molar-refractivity contribution in [3.63, 3.8) is 0 Å². The monoisotopic (exact) mass is 236 g/mol. The topological polar surface area (TPSA) is 61.3 Å². The highest BCUT2D eigenvalue weighted by Crippen LogP contribution is 2.26. The largest absolute Gasteiger partial charge is 0.394 e. The van der Waals surface area contributed by atoms with Gasteiger partial charge in [-0.1, -0.05) is 0 Å². The molecule has 5 heteroatoms. The second-order valence-electron chi connectivity index (χ2n) is 4.48. The van der Waals surface area contributed by atoms with Crippen molar-refractivity contribution in [1.29, 1.82) is 0 Å². The molecule has 5 nitrogen and oxygen atoms in total. The molecule has 1 aliphatic rings. The molecule has 0 aromatic carbocycles. The summed E-state index contributed by atoms with van der Waals surface area (Å²) in [6.07, 6.45) is 5.21. The van der Waals surface area contributed by atoms with Crippen LogP contribution < -0.4 is 10.2 Å². The highest BCUT2D eigenvalue weighted by atomic mass is 16.3. The zero-order chi connectivity index (χ0) is 12.3. The van der Waals surface area contributed by atoms with Gasteiger partial charge in [0.05, 0.1) is 12.6 Å². The van der Waals surface area contributed by atoms with Crippen LogP contribution in [-0.2, 0) is 0 Å². The second-order valence-corrected chi connectivity index (χ2v) is 4.48. The Morgan fingerprint density at radius 2 is 2.35 bits per heavy atom. The molecule has 1 fully saturated rings. The molecule has 1 aliphatic heterocycles. The van der Waals surface area contributed by atoms with Crippen LogP contribution in [0.3, 0.4) is 0 Å². The summed E-state index contributed by atoms with van der Waals surface area (Å²) < 4.78 is 0. The first-order valence-electron chi connectivity index (χ1n) is 6.15. The molecule has 1 aromatic rings. The number of hydrogen-bond acceptors (Lipinski definition) is 5. The Balaban J connectivity index is 2.30. The van der Waals surface area contributed by atoms with Gasteiger partial charge in [0.2, 0.25) is 5.95 Å². The number of rotatable bonds is 3. The first kappa shape index (κ1) is 12.1. The Kier molecular flexibility index (Phi) is 3.78. The van der Waals surface area contributed by atoms with Crippen LogP contribution >= 0.6 is 0 Å². The van der Waals surface area contributed by atoms with E-state index in [1.165, 1.54) is 6.42 Å². The third-order valence-electron chi connectivity index (χ3n) is 3.28. The third kappa shape index (κ3) is 2.49. The number of piperidine rings is 1. The fraction of sp³-hybridized carbons (Fsp3) is 0.667. The van der Waals surface area contributed by atoms with Crippen LogP contribution in [0.25, 0.3) is 0 Å². The average molecular weight is 236 g/mol. The molecule has 0 saturated carbocycles. The summed E-state index contributed by atoms with van der Waals surface area (Å²) in [6, 6.07) is 0.196. The van der Waals surface area contributed by atoms with Crippen molar-refractivity contribution in [3.05, 3.63) is 11.8 Å². The molecule has 1 atom stereocenters. The Bertz CT molecular complexity index is 383. The SMILES string of the molecule is CNc1ncc(C)c(N2CCCCC2CO)n1. The van der Waals surface area contributed by atoms with Gasteiger partial charge in [-0.25, -0.2) is 4.98 Å². The number of aromatic nitrogens is 2. The molecular formula is C12H20N4O. The van der Waals surface area contributed by atoms with E-state index in [-0.39, 0.29) is 12.6 Å². The van der Waals surface area contributed by atoms with Crippen LogP contribution in [0.1, 0.15) is 24.8 Å². The van der Waals surface area contributed by atoms with Gasteiger partial charge in [-0.2, -0.15) is 4.98 Å². The average Bonchev–Trinajstić information content (AvgIpc) is 2.39. The molecule has 0 radical (unpaired) electrons. The van der Waals surface area contributed by atoms with Gasteiger partial charge < -0.3 is 15.3 Å². The minimum absolute atomic E-state index is 0.193. The fourth-order valence-electron chi connectivity index (χ4n) is 2.31. The van der Waals surface area contributed by atoms with Gasteiger partial charge in [0.25, 0.3) is 0 Å². The van der Waals surface area contributed by atoms with Crippen LogP contribution in [0, 0.1) is 6.92 Å². The van der Waals surface area contributed by atoms with Gasteiger partial charge in [0, 0.05) is 25.4 Å². The Morgan fingerprint density at radius 1 is 1.53 bits per heavy atom. The van der Waals surface area contributed by atoms with Gasteiger partial charge >= 0.3 is 0 Å². The lowest BCUT2D eigenvalue weighted by Crippen LogP contribution is -2.42. The van der Waals surface area contributed by atoms with E-state index in [0.29, 0.717) is 5.95 Å². The van der Waals surface area contributed by atoms with Crippen molar-refractivity contribution in [2.75, 3.05) is 30.4 Å². The van der Waals surface area contributed by atoms with E-state index in [9.17, 15) is 5.11 Å². The Morgan fingerprint density at radius 3 is 3.06 bits per heavy atom. The fourth-order valence-corrected chi connectivity index (χ4v) is 2.31. The van der Waals surface area contributed by atoms with Crippen molar-refractivity contribution in [2.24, 2.45) is 0 Å². The minimum atomic E-state index is 0.193. The van der Waals surface area contributed by atoms with E-state index in [2.05, 4.69) is 20.2 Å². The van der Waals surface area contributed by atoms with E-state index in [1.54, 1.807) is 0 Å². The lowest BCUT2D eigenvalue weighted by atomic mass is 10.0. The van der Waals surface area contributed by atoms with E-state index in [0.717, 1.165) is 30.8 Å². The summed E-state index contributed by atoms with van der Waals surface area (Å²) in [5, 5.41) is 12.4. The summed E-state index contributed by atoms with van der Waals surface area (Å²) in [6.45, 7) is 3.17. The van der Waals surface area contributed by atoms with E-state index in [4.69, 9.17) is 0 Å². The van der Waals surface area contributed by atoms with Gasteiger partial charge in [0.15, 0.2) is 0 Å². The van der Waals surface area contributed by atoms with Crippen LogP contribution in [0.2, 0.25) is 0 Å². The van der Waals surface area contributed by atoms with Crippen molar-refractivity contribution in [2.45, 2.75) is 32.2 Å². The van der Waals surface area contributed by atoms with Gasteiger partial charge in [-0.15, -0.1) is 0 Å². The molecule has 1 aromatic heterocycles. The van der Waals surface area contributed by atoms with Crippen molar-refractivity contribution in [3.8, 4) is 0 Å². The molecule has 0 aliphatic carbocycles. The molecular weight excluding hydrogens is 216 g/mol. The standard InChI is InChI=1S/C12H20N4O/c1-9-7-14-12(13-2)15-11(9)16-6-4-3-5-10(16)8-17/h7,10,17H,3-6,8H2,1-2H3,(H,13,14,15). The maximum absolute atomic E-state index is 9.44. The summed E-state index contributed by atoms with van der Waals surface area (Å²) in [7, 11) is 1.81. The zero-order valence-electron chi connectivity index (χ0n) is 10.5. The summed E-state index contributed by atoms with van der Waals surface area (Å²) in [4.78, 5) is 10.9. The quantitative estimate of drug-likeness (QED) is 0.825. The van der Waals surface area contributed by atoms with E-state index < -0.39 is 0 Å². The predicted octanol–water partition coefficient (Wildman–Crippen LogP) is 1.18. The van der Waals surface area contributed by atoms with Crippen LogP contribution in [0.5, 0.6) is 0 Å². The van der Waals surface area contributed by atoms with E-state index >= 15 is 0 Å². The van der Waals surface area contributed by atoms with Crippen LogP contribution in [0.4, 0.5) is 11.8 Å². The summed E-state index contributed by atoms with van der Waals surface area (Å²) >= 11 is 0. The third-order valence-corrected chi connectivity index (χ3v) is 3.28. The second kappa shape index (κ2) is 5.31. The molecule has 2 N–H and O–H groups in total. The maximum atomic E-state index is 9.44. The molecule has 1 saturated heterocycles. The molecule has 1 unspecified atom stereocenters. The van der Waals surface area contributed by atoms with Gasteiger partial charge in [0.1, 0.15) is 5.82 Å². The molecule has 0 bridgehead atoms. The number of aryl methyl sites for hydroxylation is 1. The van der Waals surface area contributed by atoms with Crippen LogP contribution in [-0.4, -0.2) is 41.3 Å². The lowest BCUT2D eigenvalue weighted by Gasteiger charge is -2.36. The molecule has 94 valence electrons. The zero-order valence-corrected chi connectivity index (χ0v) is 10.5. The number of anilines is 2. The van der Waals surface area contributed by atoms with Crippen molar-refractivity contribution in [1.82, 2.24) is 9.97 Å². The molecule has 17 heavy (non-hydrogen) atoms. The maximum Gasteiger partial charge on any atom is 0.224 e. The number of aliphatic hydroxyl groups excluding tert-OH is 1. The molecule has 2 heterocycles. The number of aliphatic hydroxyl groups is 1. The first-order valence-corrected chi connectivity index (χ1v) is 6.15. The number of nitrogens with zero attached hydrogens (tertiary/aromatic N) is 3. The normalized spacial score (nSPS) is 20.4. The predicted molar refractivity (Wildman–Crippen MR) is 68.4 cm³/mol. The summed E-state index contributed by atoms with van der Waals surface area (Å²) in [5.41, 5.74) is 1.06. The van der Waals surface area contributed by atoms with E-state index in [1.807, 2.05) is 20.2 Å². The summed E-state index contributed by atoms with van der Waals surface area (Å²) in [5.74, 6) is 1.58. The highest BCUT2D eigenvalue weighted by molar-refractivity contribution is 5.50. The van der Waals surface area contributed by atoms with Crippen molar-refractivity contribution >= 4 is 11.8 Å². The Labute approximate surface area is 102 Å². The smallest absolute Gasteiger partial charge is 0.224 e. The molecule has 2 rings (SSSR count). The number of nitrogens with one attached hydrogen (secondary N) is 1. The molecule has 0 spiro atoms. The highest BCUT2D eigenvalue weighted by Gasteiger charge is 2.24. The minimum Gasteiger partial charge on any atom is -0.394 e. The van der Waals surface area contributed by atoms with Crippen LogP contribution in [0.15, 0.2) is 6.20 Å².